The van der Waals surface area contributed by atoms with Gasteiger partial charge in [0.1, 0.15) is 12.9 Å². The maximum Gasteiger partial charge on any atom is 0.330 e. The fourth-order valence-electron chi connectivity index (χ4n) is 6.31. The molecule has 10 nitrogen and oxygen atoms in total. The average Bonchev–Trinajstić information content (AvgIpc) is 3.08. The van der Waals surface area contributed by atoms with E-state index in [1.54, 1.807) is 0 Å². The molecule has 0 radical (unpaired) electrons. The molecular formula is C36H58O10. The van der Waals surface area contributed by atoms with E-state index in [1.165, 1.54) is 12.3 Å². The van der Waals surface area contributed by atoms with Gasteiger partial charge < -0.3 is 33.3 Å². The van der Waals surface area contributed by atoms with Crippen LogP contribution in [0, 0.1) is 5.92 Å². The number of hydrogen-bond donors (Lipinski definition) is 0. The highest BCUT2D eigenvalue weighted by molar-refractivity contribution is 5.81. The molecule has 10 heteroatoms. The van der Waals surface area contributed by atoms with Crippen LogP contribution in [0.3, 0.4) is 0 Å². The summed E-state index contributed by atoms with van der Waals surface area (Å²) < 4.78 is 35.0. The van der Waals surface area contributed by atoms with Crippen LogP contribution in [0.2, 0.25) is 0 Å². The minimum absolute atomic E-state index is 0.00890. The number of unbranched alkanes of at least 4 members (excludes halogenated alkanes) is 4. The Labute approximate surface area is 276 Å². The molecule has 46 heavy (non-hydrogen) atoms. The first kappa shape index (κ1) is 38.2. The normalized spacial score (nSPS) is 26.4. The molecule has 0 atom stereocenters. The van der Waals surface area contributed by atoms with E-state index in [0.29, 0.717) is 32.7 Å². The first-order valence-electron chi connectivity index (χ1n) is 17.7. The standard InChI is InChI=1S/C36H58O10/c1-3-23-44-45-27-10-6-8-25-40-31-15-17-32(18-16-31)42-28-43-33-19-21-34(22-20-33)46-36(38)29-11-13-30(14-12-29)39-24-7-5-9-26-41-35(37)4-2/h4,23,29-34H,1-2,5-22,24-28H2. The molecule has 0 heterocycles. The predicted octanol–water partition coefficient (Wildman–Crippen LogP) is 7.05. The van der Waals surface area contributed by atoms with Gasteiger partial charge in [-0.3, -0.25) is 4.79 Å². The summed E-state index contributed by atoms with van der Waals surface area (Å²) in [4.78, 5) is 33.6. The fourth-order valence-corrected chi connectivity index (χ4v) is 6.31. The van der Waals surface area contributed by atoms with Gasteiger partial charge in [0.15, 0.2) is 6.26 Å². The summed E-state index contributed by atoms with van der Waals surface area (Å²) >= 11 is 0. The van der Waals surface area contributed by atoms with Gasteiger partial charge in [0.2, 0.25) is 0 Å². The summed E-state index contributed by atoms with van der Waals surface area (Å²) in [6.45, 7) is 9.57. The minimum Gasteiger partial charge on any atom is -0.463 e. The van der Waals surface area contributed by atoms with E-state index >= 15 is 0 Å². The van der Waals surface area contributed by atoms with E-state index in [9.17, 15) is 9.59 Å². The summed E-state index contributed by atoms with van der Waals surface area (Å²) in [5.74, 6) is -0.438. The second-order valence-corrected chi connectivity index (χ2v) is 12.6. The molecule has 262 valence electrons. The molecule has 0 amide bonds. The van der Waals surface area contributed by atoms with Crippen LogP contribution in [0.4, 0.5) is 0 Å². The molecule has 0 aromatic rings. The first-order valence-corrected chi connectivity index (χ1v) is 17.7. The van der Waals surface area contributed by atoms with Gasteiger partial charge in [0.25, 0.3) is 0 Å². The molecule has 0 aliphatic heterocycles. The molecule has 0 spiro atoms. The van der Waals surface area contributed by atoms with Gasteiger partial charge in [-0.05, 0) is 116 Å². The molecule has 3 fully saturated rings. The lowest BCUT2D eigenvalue weighted by molar-refractivity contribution is -0.249. The summed E-state index contributed by atoms with van der Waals surface area (Å²) in [5, 5.41) is 0. The van der Waals surface area contributed by atoms with Crippen molar-refractivity contribution < 1.29 is 47.8 Å². The lowest BCUT2D eigenvalue weighted by atomic mass is 9.87. The van der Waals surface area contributed by atoms with E-state index < -0.39 is 0 Å². The number of hydrogen-bond acceptors (Lipinski definition) is 10. The number of rotatable bonds is 23. The molecule has 0 N–H and O–H groups in total. The van der Waals surface area contributed by atoms with Crippen LogP contribution >= 0.6 is 0 Å². The van der Waals surface area contributed by atoms with Gasteiger partial charge >= 0.3 is 11.9 Å². The monoisotopic (exact) mass is 650 g/mol. The SMILES string of the molecule is C=C=COOCCCCCOC1CCC(OCOC2CCC(OC(=O)C3CCC(OCCCCCOC(=O)C=C)CC3)CC2)CC1. The lowest BCUT2D eigenvalue weighted by Crippen LogP contribution is -2.33. The maximum absolute atomic E-state index is 12.8. The van der Waals surface area contributed by atoms with Crippen molar-refractivity contribution in [2.45, 2.75) is 146 Å². The molecule has 3 aliphatic carbocycles. The number of carbonyl (C=O) groups excluding carboxylic acids is 2. The molecule has 3 rings (SSSR count). The van der Waals surface area contributed by atoms with E-state index in [1.807, 2.05) is 0 Å². The van der Waals surface area contributed by atoms with Crippen molar-refractivity contribution in [1.82, 2.24) is 0 Å². The Morgan fingerprint density at radius 2 is 1.09 bits per heavy atom. The predicted molar refractivity (Wildman–Crippen MR) is 172 cm³/mol. The van der Waals surface area contributed by atoms with E-state index in [0.717, 1.165) is 122 Å². The van der Waals surface area contributed by atoms with Gasteiger partial charge in [0.05, 0.1) is 43.5 Å². The van der Waals surface area contributed by atoms with Crippen molar-refractivity contribution in [1.29, 1.82) is 0 Å². The van der Waals surface area contributed by atoms with Gasteiger partial charge in [-0.2, -0.15) is 4.89 Å². The topological polar surface area (TPSA) is 108 Å². The molecule has 0 aromatic carbocycles. The second kappa shape index (κ2) is 24.0. The molecule has 3 aliphatic rings. The van der Waals surface area contributed by atoms with Gasteiger partial charge in [-0.25, -0.2) is 4.79 Å². The fraction of sp³-hybridized carbons (Fsp3) is 0.806. The number of carbonyl (C=O) groups is 2. The Hall–Kier alpha value is -2.20. The van der Waals surface area contributed by atoms with Gasteiger partial charge in [-0.15, -0.1) is 0 Å². The van der Waals surface area contributed by atoms with Crippen molar-refractivity contribution in [3.63, 3.8) is 0 Å². The Morgan fingerprint density at radius 1 is 0.609 bits per heavy atom. The highest BCUT2D eigenvalue weighted by Gasteiger charge is 2.31. The van der Waals surface area contributed by atoms with Crippen molar-refractivity contribution in [3.05, 3.63) is 31.2 Å². The third kappa shape index (κ3) is 16.6. The van der Waals surface area contributed by atoms with E-state index in [-0.39, 0.29) is 42.3 Å². The Bertz CT molecular complexity index is 879. The van der Waals surface area contributed by atoms with Crippen molar-refractivity contribution >= 4 is 11.9 Å². The van der Waals surface area contributed by atoms with E-state index in [4.69, 9.17) is 38.2 Å². The van der Waals surface area contributed by atoms with Crippen LogP contribution in [-0.4, -0.2) is 75.7 Å². The summed E-state index contributed by atoms with van der Waals surface area (Å²) in [6, 6.07) is 0. The highest BCUT2D eigenvalue weighted by Crippen LogP contribution is 2.30. The zero-order chi connectivity index (χ0) is 32.7. The van der Waals surface area contributed by atoms with Crippen molar-refractivity contribution in [2.24, 2.45) is 5.92 Å². The summed E-state index contributed by atoms with van der Waals surface area (Å²) in [5.41, 5.74) is 2.49. The molecule has 0 saturated heterocycles. The molecule has 0 bridgehead atoms. The van der Waals surface area contributed by atoms with Crippen molar-refractivity contribution in [3.8, 4) is 0 Å². The van der Waals surface area contributed by atoms with Gasteiger partial charge in [0, 0.05) is 19.3 Å². The molecule has 0 aromatic heterocycles. The lowest BCUT2D eigenvalue weighted by Gasteiger charge is -2.32. The van der Waals surface area contributed by atoms with Crippen LogP contribution in [0.15, 0.2) is 31.2 Å². The van der Waals surface area contributed by atoms with Crippen LogP contribution in [0.1, 0.15) is 116 Å². The Morgan fingerprint density at radius 3 is 1.63 bits per heavy atom. The first-order chi connectivity index (χ1) is 22.6. The van der Waals surface area contributed by atoms with Crippen LogP contribution in [0.25, 0.3) is 0 Å². The van der Waals surface area contributed by atoms with Gasteiger partial charge in [-0.1, -0.05) is 18.9 Å². The number of ether oxygens (including phenoxy) is 6. The third-order valence-corrected chi connectivity index (χ3v) is 9.12. The molecule has 3 saturated carbocycles. The minimum atomic E-state index is -0.374. The Balaban J connectivity index is 1.12. The van der Waals surface area contributed by atoms with Crippen LogP contribution in [0.5, 0.6) is 0 Å². The van der Waals surface area contributed by atoms with Crippen molar-refractivity contribution in [2.75, 3.05) is 33.2 Å². The average molecular weight is 651 g/mol. The number of esters is 2. The zero-order valence-corrected chi connectivity index (χ0v) is 27.9. The largest absolute Gasteiger partial charge is 0.463 e. The quantitative estimate of drug-likeness (QED) is 0.0167. The zero-order valence-electron chi connectivity index (χ0n) is 27.9. The summed E-state index contributed by atoms with van der Waals surface area (Å²) in [6.07, 6.45) is 20.1. The highest BCUT2D eigenvalue weighted by atomic mass is 17.2. The maximum atomic E-state index is 12.8. The Kier molecular flexibility index (Phi) is 20.0. The third-order valence-electron chi connectivity index (χ3n) is 9.12. The second-order valence-electron chi connectivity index (χ2n) is 12.6. The molecular weight excluding hydrogens is 592 g/mol. The molecule has 0 unspecified atom stereocenters. The summed E-state index contributed by atoms with van der Waals surface area (Å²) in [7, 11) is 0. The van der Waals surface area contributed by atoms with Crippen LogP contribution < -0.4 is 0 Å². The van der Waals surface area contributed by atoms with E-state index in [2.05, 4.69) is 18.9 Å². The van der Waals surface area contributed by atoms with Crippen LogP contribution in [-0.2, 0) is 47.8 Å². The smallest absolute Gasteiger partial charge is 0.330 e.